The predicted octanol–water partition coefficient (Wildman–Crippen LogP) is 1.28. The summed E-state index contributed by atoms with van der Waals surface area (Å²) < 4.78 is 1.24. The third-order valence-electron chi connectivity index (χ3n) is 3.62. The first kappa shape index (κ1) is 16.6. The molecule has 1 aromatic carbocycles. The van der Waals surface area contributed by atoms with Gasteiger partial charge >= 0.3 is 0 Å². The minimum Gasteiger partial charge on any atom is -0.273 e. The van der Waals surface area contributed by atoms with Crippen LogP contribution in [0.5, 0.6) is 0 Å². The summed E-state index contributed by atoms with van der Waals surface area (Å²) in [5.74, 6) is 0.208. The average Bonchev–Trinajstić information content (AvgIpc) is 3.06. The third kappa shape index (κ3) is 3.97. The average molecular weight is 338 g/mol. The molecule has 0 bridgehead atoms. The Kier molecular flexibility index (Phi) is 4.69. The Labute approximate surface area is 144 Å². The summed E-state index contributed by atoms with van der Waals surface area (Å²) in [5, 5.41) is 12.2. The second kappa shape index (κ2) is 7.08. The molecule has 25 heavy (non-hydrogen) atoms. The van der Waals surface area contributed by atoms with E-state index < -0.39 is 0 Å². The molecule has 1 amide bonds. The number of aryl methyl sites for hydroxylation is 3. The second-order valence-corrected chi connectivity index (χ2v) is 5.71. The molecule has 0 saturated carbocycles. The molecule has 0 unspecified atom stereocenters. The lowest BCUT2D eigenvalue weighted by atomic mass is 10.2. The van der Waals surface area contributed by atoms with Gasteiger partial charge in [0.2, 0.25) is 11.7 Å². The first-order valence-corrected chi connectivity index (χ1v) is 7.86. The Morgan fingerprint density at radius 2 is 1.92 bits per heavy atom. The zero-order valence-corrected chi connectivity index (χ0v) is 14.0. The maximum Gasteiger partial charge on any atom is 0.269 e. The van der Waals surface area contributed by atoms with E-state index in [1.807, 2.05) is 43.3 Å². The molecule has 0 atom stereocenters. The van der Waals surface area contributed by atoms with Gasteiger partial charge in [-0.3, -0.25) is 15.0 Å². The van der Waals surface area contributed by atoms with Crippen LogP contribution >= 0.6 is 0 Å². The van der Waals surface area contributed by atoms with Gasteiger partial charge in [0, 0.05) is 23.7 Å². The number of nitrogens with zero attached hydrogens (tertiary/aromatic N) is 5. The van der Waals surface area contributed by atoms with Gasteiger partial charge in [-0.05, 0) is 30.7 Å². The molecule has 0 aliphatic rings. The molecule has 0 fully saturated rings. The SMILES string of the molecule is Cc1cc(C)n(NC(=O)CCn2nnc(-c3ccccc3)n2)c(=O)c1. The standard InChI is InChI=1S/C17H18N6O2/c1-12-10-13(2)23(16(25)11-12)19-15(24)8-9-22-20-17(18-21-22)14-6-4-3-5-7-14/h3-7,10-11H,8-9H2,1-2H3,(H,19,24). The van der Waals surface area contributed by atoms with Crippen molar-refractivity contribution in [1.82, 2.24) is 24.9 Å². The summed E-state index contributed by atoms with van der Waals surface area (Å²) in [6.45, 7) is 3.87. The normalized spacial score (nSPS) is 10.6. The molecule has 0 saturated heterocycles. The van der Waals surface area contributed by atoms with Gasteiger partial charge in [-0.15, -0.1) is 10.2 Å². The van der Waals surface area contributed by atoms with Crippen LogP contribution in [-0.2, 0) is 11.3 Å². The number of hydrogen-bond donors (Lipinski definition) is 1. The summed E-state index contributed by atoms with van der Waals surface area (Å²) in [7, 11) is 0. The minimum atomic E-state index is -0.299. The Morgan fingerprint density at radius 3 is 2.64 bits per heavy atom. The first-order valence-electron chi connectivity index (χ1n) is 7.86. The lowest BCUT2D eigenvalue weighted by Crippen LogP contribution is -2.34. The fourth-order valence-electron chi connectivity index (χ4n) is 2.43. The fourth-order valence-corrected chi connectivity index (χ4v) is 2.43. The topological polar surface area (TPSA) is 94.7 Å². The van der Waals surface area contributed by atoms with E-state index in [1.54, 1.807) is 6.92 Å². The molecular weight excluding hydrogens is 320 g/mol. The van der Waals surface area contributed by atoms with E-state index >= 15 is 0 Å². The van der Waals surface area contributed by atoms with E-state index in [2.05, 4.69) is 20.8 Å². The highest BCUT2D eigenvalue weighted by atomic mass is 16.2. The number of aromatic nitrogens is 5. The first-order chi connectivity index (χ1) is 12.0. The van der Waals surface area contributed by atoms with Crippen LogP contribution in [-0.4, -0.2) is 30.8 Å². The maximum atomic E-state index is 12.1. The molecule has 3 rings (SSSR count). The number of carbonyl (C=O) groups is 1. The second-order valence-electron chi connectivity index (χ2n) is 5.71. The highest BCUT2D eigenvalue weighted by Crippen LogP contribution is 2.11. The monoisotopic (exact) mass is 338 g/mol. The highest BCUT2D eigenvalue weighted by Gasteiger charge is 2.09. The zero-order chi connectivity index (χ0) is 17.8. The van der Waals surface area contributed by atoms with E-state index in [4.69, 9.17) is 0 Å². The van der Waals surface area contributed by atoms with Crippen molar-refractivity contribution in [2.75, 3.05) is 5.43 Å². The van der Waals surface area contributed by atoms with E-state index in [9.17, 15) is 9.59 Å². The van der Waals surface area contributed by atoms with E-state index in [1.165, 1.54) is 15.5 Å². The Hall–Kier alpha value is -3.29. The van der Waals surface area contributed by atoms with Crippen LogP contribution < -0.4 is 11.0 Å². The quantitative estimate of drug-likeness (QED) is 0.756. The van der Waals surface area contributed by atoms with Crippen molar-refractivity contribution >= 4 is 5.91 Å². The zero-order valence-electron chi connectivity index (χ0n) is 14.0. The molecule has 3 aromatic rings. The van der Waals surface area contributed by atoms with Gasteiger partial charge in [-0.2, -0.15) is 4.80 Å². The minimum absolute atomic E-state index is 0.129. The van der Waals surface area contributed by atoms with Gasteiger partial charge in [0.1, 0.15) is 0 Å². The number of nitrogens with one attached hydrogen (secondary N) is 1. The summed E-state index contributed by atoms with van der Waals surface area (Å²) in [6.07, 6.45) is 0.129. The van der Waals surface area contributed by atoms with Crippen LogP contribution in [0.25, 0.3) is 11.4 Å². The molecule has 0 aliphatic heterocycles. The largest absolute Gasteiger partial charge is 0.273 e. The molecule has 128 valence electrons. The van der Waals surface area contributed by atoms with Crippen molar-refractivity contribution in [2.45, 2.75) is 26.8 Å². The molecule has 0 aliphatic carbocycles. The van der Waals surface area contributed by atoms with Gasteiger partial charge < -0.3 is 0 Å². The van der Waals surface area contributed by atoms with Crippen molar-refractivity contribution in [3.63, 3.8) is 0 Å². The summed E-state index contributed by atoms with van der Waals surface area (Å²) in [5.41, 5.74) is 4.71. The number of pyridine rings is 1. The van der Waals surface area contributed by atoms with Gasteiger partial charge in [-0.1, -0.05) is 30.3 Å². The van der Waals surface area contributed by atoms with Crippen molar-refractivity contribution in [3.05, 3.63) is 64.1 Å². The van der Waals surface area contributed by atoms with Gasteiger partial charge in [0.05, 0.1) is 6.54 Å². The van der Waals surface area contributed by atoms with Gasteiger partial charge in [0.25, 0.3) is 5.56 Å². The maximum absolute atomic E-state index is 12.1. The van der Waals surface area contributed by atoms with Crippen LogP contribution in [0.3, 0.4) is 0 Å². The molecule has 0 spiro atoms. The van der Waals surface area contributed by atoms with Crippen LogP contribution in [0, 0.1) is 13.8 Å². The van der Waals surface area contributed by atoms with Crippen LogP contribution in [0.1, 0.15) is 17.7 Å². The van der Waals surface area contributed by atoms with Crippen LogP contribution in [0.2, 0.25) is 0 Å². The Balaban J connectivity index is 1.62. The number of rotatable bonds is 5. The fraction of sp³-hybridized carbons (Fsp3) is 0.235. The molecule has 1 N–H and O–H groups in total. The molecule has 2 heterocycles. The summed E-state index contributed by atoms with van der Waals surface area (Å²) in [4.78, 5) is 25.4. The molecule has 8 heteroatoms. The predicted molar refractivity (Wildman–Crippen MR) is 92.4 cm³/mol. The highest BCUT2D eigenvalue weighted by molar-refractivity contribution is 5.83. The summed E-state index contributed by atoms with van der Waals surface area (Å²) in [6, 6.07) is 12.8. The molecule has 8 nitrogen and oxygen atoms in total. The summed E-state index contributed by atoms with van der Waals surface area (Å²) >= 11 is 0. The molecular formula is C17H18N6O2. The lowest BCUT2D eigenvalue weighted by molar-refractivity contribution is -0.117. The smallest absolute Gasteiger partial charge is 0.269 e. The van der Waals surface area contributed by atoms with Crippen molar-refractivity contribution in [3.8, 4) is 11.4 Å². The van der Waals surface area contributed by atoms with Gasteiger partial charge in [-0.25, -0.2) is 4.68 Å². The van der Waals surface area contributed by atoms with E-state index in [0.717, 1.165) is 11.1 Å². The molecule has 2 aromatic heterocycles. The Morgan fingerprint density at radius 1 is 1.16 bits per heavy atom. The number of amides is 1. The lowest BCUT2D eigenvalue weighted by Gasteiger charge is -2.11. The number of tetrazole rings is 1. The van der Waals surface area contributed by atoms with Crippen molar-refractivity contribution in [1.29, 1.82) is 0 Å². The number of hydrogen-bond acceptors (Lipinski definition) is 5. The number of carbonyl (C=O) groups excluding carboxylic acids is 1. The Bertz CT molecular complexity index is 945. The van der Waals surface area contributed by atoms with Crippen LogP contribution in [0.4, 0.5) is 0 Å². The van der Waals surface area contributed by atoms with Gasteiger partial charge in [0.15, 0.2) is 0 Å². The molecule has 0 radical (unpaired) electrons. The number of benzene rings is 1. The third-order valence-corrected chi connectivity index (χ3v) is 3.62. The van der Waals surface area contributed by atoms with E-state index in [-0.39, 0.29) is 24.4 Å². The van der Waals surface area contributed by atoms with E-state index in [0.29, 0.717) is 11.5 Å². The van der Waals surface area contributed by atoms with Crippen molar-refractivity contribution in [2.24, 2.45) is 0 Å². The van der Waals surface area contributed by atoms with Crippen molar-refractivity contribution < 1.29 is 4.79 Å². The van der Waals surface area contributed by atoms with Crippen LogP contribution in [0.15, 0.2) is 47.3 Å².